The van der Waals surface area contributed by atoms with Crippen molar-refractivity contribution in [2.45, 2.75) is 30.5 Å². The van der Waals surface area contributed by atoms with Gasteiger partial charge in [-0.25, -0.2) is 9.18 Å². The second-order valence-corrected chi connectivity index (χ2v) is 7.16. The van der Waals surface area contributed by atoms with Crippen LogP contribution in [0.2, 0.25) is 0 Å². The Morgan fingerprint density at radius 2 is 2.23 bits per heavy atom. The average Bonchev–Trinajstić information content (AvgIpc) is 2.97. The van der Waals surface area contributed by atoms with E-state index < -0.39 is 35.5 Å². The molecule has 9 heteroatoms. The monoisotopic (exact) mass is 382 g/mol. The Morgan fingerprint density at radius 1 is 1.46 bits per heavy atom. The maximum atomic E-state index is 14.6. The molecule has 3 unspecified atom stereocenters. The molecule has 0 radical (unpaired) electrons. The number of cyclic esters (lactones) is 1. The molecular formula is C17H19FN2O5S. The van der Waals surface area contributed by atoms with Crippen LogP contribution in [0.15, 0.2) is 29.7 Å². The molecule has 2 amide bonds. The number of rotatable bonds is 4. The number of carbonyl (C=O) groups is 2. The molecule has 1 fully saturated rings. The van der Waals surface area contributed by atoms with Gasteiger partial charge >= 0.3 is 6.09 Å². The van der Waals surface area contributed by atoms with E-state index in [1.807, 2.05) is 0 Å². The van der Waals surface area contributed by atoms with Crippen LogP contribution in [0, 0.1) is 5.82 Å². The highest BCUT2D eigenvalue weighted by Gasteiger charge is 2.34. The fourth-order valence-corrected chi connectivity index (χ4v) is 3.67. The third-order valence-corrected chi connectivity index (χ3v) is 5.14. The largest absolute Gasteiger partial charge is 0.442 e. The summed E-state index contributed by atoms with van der Waals surface area (Å²) in [5.41, 5.74) is -0.461. The molecule has 2 aliphatic rings. The summed E-state index contributed by atoms with van der Waals surface area (Å²) >= 11 is 1.06. The molecule has 0 aromatic heterocycles. The summed E-state index contributed by atoms with van der Waals surface area (Å²) in [5, 5.41) is 24.0. The molecule has 7 nitrogen and oxygen atoms in total. The molecule has 2 heterocycles. The summed E-state index contributed by atoms with van der Waals surface area (Å²) in [5.74, 6) is -1.49. The van der Waals surface area contributed by atoms with E-state index in [0.29, 0.717) is 5.69 Å². The van der Waals surface area contributed by atoms with Crippen molar-refractivity contribution in [2.24, 2.45) is 0 Å². The van der Waals surface area contributed by atoms with Crippen LogP contribution < -0.4 is 10.2 Å². The van der Waals surface area contributed by atoms with E-state index >= 15 is 0 Å². The van der Waals surface area contributed by atoms with E-state index in [4.69, 9.17) is 4.74 Å². The van der Waals surface area contributed by atoms with Crippen LogP contribution in [0.5, 0.6) is 0 Å². The Morgan fingerprint density at radius 3 is 2.92 bits per heavy atom. The Bertz CT molecular complexity index is 744. The van der Waals surface area contributed by atoms with Crippen LogP contribution in [0.25, 0.3) is 0 Å². The van der Waals surface area contributed by atoms with Crippen molar-refractivity contribution >= 4 is 29.4 Å². The summed E-state index contributed by atoms with van der Waals surface area (Å²) in [6.07, 6.45) is -0.612. The standard InChI is InChI=1S/C17H19FN2O5S/c1-9(21)19-7-11-8-20(17(24)25-11)10-2-3-12(14(18)6-10)13-4-5-26-16(23)15(13)22/h2-6,11,13,15-16,22-23H,7-8H2,1H3,(H,19,21)/t11-,13?,15?,16?/m0/s1. The minimum absolute atomic E-state index is 0.187. The number of nitrogens with one attached hydrogen (secondary N) is 1. The van der Waals surface area contributed by atoms with E-state index in [1.54, 1.807) is 17.6 Å². The number of aliphatic hydroxyl groups excluding tert-OH is 2. The van der Waals surface area contributed by atoms with Crippen LogP contribution in [-0.2, 0) is 9.53 Å². The lowest BCUT2D eigenvalue weighted by atomic mass is 9.92. The molecule has 0 bridgehead atoms. The predicted molar refractivity (Wildman–Crippen MR) is 94.2 cm³/mol. The van der Waals surface area contributed by atoms with Crippen LogP contribution in [0.1, 0.15) is 18.4 Å². The fourth-order valence-electron chi connectivity index (χ4n) is 2.92. The molecule has 1 saturated heterocycles. The molecule has 4 atom stereocenters. The lowest BCUT2D eigenvalue weighted by molar-refractivity contribution is -0.119. The first-order valence-corrected chi connectivity index (χ1v) is 9.01. The quantitative estimate of drug-likeness (QED) is 0.726. The maximum Gasteiger partial charge on any atom is 0.414 e. The topological polar surface area (TPSA) is 99.1 Å². The van der Waals surface area contributed by atoms with Crippen LogP contribution in [-0.4, -0.2) is 52.9 Å². The zero-order valence-electron chi connectivity index (χ0n) is 14.0. The van der Waals surface area contributed by atoms with Crippen molar-refractivity contribution in [2.75, 3.05) is 18.0 Å². The molecule has 2 aliphatic heterocycles. The normalized spacial score (nSPS) is 28.2. The fraction of sp³-hybridized carbons (Fsp3) is 0.412. The highest BCUT2D eigenvalue weighted by atomic mass is 32.2. The first kappa shape index (κ1) is 18.7. The van der Waals surface area contributed by atoms with Crippen molar-refractivity contribution in [1.29, 1.82) is 0 Å². The highest BCUT2D eigenvalue weighted by Crippen LogP contribution is 2.35. The van der Waals surface area contributed by atoms with Gasteiger partial charge in [0.2, 0.25) is 5.91 Å². The van der Waals surface area contributed by atoms with Crippen LogP contribution >= 0.6 is 11.8 Å². The van der Waals surface area contributed by atoms with Gasteiger partial charge < -0.3 is 20.3 Å². The lowest BCUT2D eigenvalue weighted by Gasteiger charge is -2.28. The molecule has 26 heavy (non-hydrogen) atoms. The molecule has 3 N–H and O–H groups in total. The number of anilines is 1. The molecule has 0 aliphatic carbocycles. The number of carbonyl (C=O) groups excluding carboxylic acids is 2. The molecule has 1 aromatic rings. The molecular weight excluding hydrogens is 363 g/mol. The first-order chi connectivity index (χ1) is 12.4. The zero-order valence-corrected chi connectivity index (χ0v) is 14.8. The summed E-state index contributed by atoms with van der Waals surface area (Å²) in [6.45, 7) is 1.75. The van der Waals surface area contributed by atoms with Crippen LogP contribution in [0.3, 0.4) is 0 Å². The third-order valence-electron chi connectivity index (χ3n) is 4.27. The van der Waals surface area contributed by atoms with Gasteiger partial charge in [-0.05, 0) is 23.1 Å². The van der Waals surface area contributed by atoms with Crippen molar-refractivity contribution in [3.05, 3.63) is 41.1 Å². The van der Waals surface area contributed by atoms with E-state index in [1.165, 1.54) is 24.0 Å². The van der Waals surface area contributed by atoms with Gasteiger partial charge in [0.25, 0.3) is 0 Å². The van der Waals surface area contributed by atoms with Gasteiger partial charge in [-0.15, -0.1) is 11.8 Å². The SMILES string of the molecule is CC(=O)NC[C@H]1CN(c2ccc(C3C=CSC(O)C3O)c(F)c2)C(=O)O1. The number of aliphatic hydroxyl groups is 2. The molecule has 0 spiro atoms. The Labute approximate surface area is 153 Å². The number of ether oxygens (including phenoxy) is 1. The lowest BCUT2D eigenvalue weighted by Crippen LogP contribution is -2.33. The Balaban J connectivity index is 1.75. The van der Waals surface area contributed by atoms with Gasteiger partial charge in [0.1, 0.15) is 17.4 Å². The van der Waals surface area contributed by atoms with Crippen molar-refractivity contribution < 1.29 is 28.9 Å². The molecule has 140 valence electrons. The number of halogens is 1. The van der Waals surface area contributed by atoms with E-state index in [0.717, 1.165) is 11.8 Å². The van der Waals surface area contributed by atoms with Crippen LogP contribution in [0.4, 0.5) is 14.9 Å². The second-order valence-electron chi connectivity index (χ2n) is 6.13. The van der Waals surface area contributed by atoms with E-state index in [-0.39, 0.29) is 24.6 Å². The van der Waals surface area contributed by atoms with Crippen molar-refractivity contribution in [3.63, 3.8) is 0 Å². The maximum absolute atomic E-state index is 14.6. The molecule has 3 rings (SSSR count). The van der Waals surface area contributed by atoms with Gasteiger partial charge in [-0.1, -0.05) is 12.1 Å². The number of nitrogens with zero attached hydrogens (tertiary/aromatic N) is 1. The average molecular weight is 382 g/mol. The number of benzene rings is 1. The second kappa shape index (κ2) is 7.65. The summed E-state index contributed by atoms with van der Waals surface area (Å²) < 4.78 is 19.8. The third kappa shape index (κ3) is 3.84. The summed E-state index contributed by atoms with van der Waals surface area (Å²) in [7, 11) is 0. The van der Waals surface area contributed by atoms with Gasteiger partial charge in [0.05, 0.1) is 24.9 Å². The van der Waals surface area contributed by atoms with Gasteiger partial charge in [0, 0.05) is 12.8 Å². The van der Waals surface area contributed by atoms with E-state index in [9.17, 15) is 24.2 Å². The van der Waals surface area contributed by atoms with Gasteiger partial charge in [0.15, 0.2) is 0 Å². The number of thioether (sulfide) groups is 1. The van der Waals surface area contributed by atoms with Crippen molar-refractivity contribution in [3.8, 4) is 0 Å². The predicted octanol–water partition coefficient (Wildman–Crippen LogP) is 1.31. The Hall–Kier alpha value is -2.10. The molecule has 0 saturated carbocycles. The number of hydrogen-bond acceptors (Lipinski definition) is 6. The summed E-state index contributed by atoms with van der Waals surface area (Å²) in [4.78, 5) is 24.2. The highest BCUT2D eigenvalue weighted by molar-refractivity contribution is 8.02. The summed E-state index contributed by atoms with van der Waals surface area (Å²) in [6, 6.07) is 4.25. The van der Waals surface area contributed by atoms with Gasteiger partial charge in [-0.3, -0.25) is 9.69 Å². The minimum atomic E-state index is -1.12. The van der Waals surface area contributed by atoms with E-state index in [2.05, 4.69) is 5.32 Å². The smallest absolute Gasteiger partial charge is 0.414 e. The Kier molecular flexibility index (Phi) is 5.49. The number of amides is 2. The van der Waals surface area contributed by atoms with Gasteiger partial charge in [-0.2, -0.15) is 0 Å². The zero-order chi connectivity index (χ0) is 18.8. The first-order valence-electron chi connectivity index (χ1n) is 8.07. The molecule has 1 aromatic carbocycles. The number of hydrogen-bond donors (Lipinski definition) is 3. The minimum Gasteiger partial charge on any atom is -0.442 e. The van der Waals surface area contributed by atoms with Crippen molar-refractivity contribution in [1.82, 2.24) is 5.32 Å².